The summed E-state index contributed by atoms with van der Waals surface area (Å²) in [5, 5.41) is 16.5. The number of nitro benzene ring substituents is 1. The van der Waals surface area contributed by atoms with Crippen LogP contribution in [-0.2, 0) is 17.5 Å². The van der Waals surface area contributed by atoms with E-state index in [1.807, 2.05) is 6.92 Å². The number of carbonyl (C=O) groups is 1. The van der Waals surface area contributed by atoms with Crippen molar-refractivity contribution in [2.24, 2.45) is 0 Å². The average molecular weight is 448 g/mol. The first-order chi connectivity index (χ1) is 15.1. The molecule has 2 N–H and O–H groups in total. The largest absolute Gasteiger partial charge is 0.416 e. The Morgan fingerprint density at radius 2 is 1.97 bits per heavy atom. The van der Waals surface area contributed by atoms with Crippen LogP contribution in [0.25, 0.3) is 5.82 Å². The number of nitrogens with zero attached hydrogens (tertiary/aromatic N) is 4. The number of nitro groups is 1. The van der Waals surface area contributed by atoms with Crippen molar-refractivity contribution in [3.05, 3.63) is 76.0 Å². The zero-order valence-corrected chi connectivity index (χ0v) is 16.9. The Kier molecular flexibility index (Phi) is 6.71. The number of hydrogen-bond acceptors (Lipinski definition) is 6. The fraction of sp³-hybridized carbons (Fsp3) is 0.250. The van der Waals surface area contributed by atoms with Crippen molar-refractivity contribution < 1.29 is 22.9 Å². The second-order valence-corrected chi connectivity index (χ2v) is 6.81. The van der Waals surface area contributed by atoms with E-state index in [1.54, 1.807) is 35.3 Å². The monoisotopic (exact) mass is 448 g/mol. The van der Waals surface area contributed by atoms with Gasteiger partial charge in [-0.25, -0.2) is 9.97 Å². The molecule has 1 amide bonds. The summed E-state index contributed by atoms with van der Waals surface area (Å²) in [6.07, 6.45) is 0.316. The van der Waals surface area contributed by atoms with E-state index in [0.29, 0.717) is 11.9 Å². The lowest BCUT2D eigenvalue weighted by Crippen LogP contribution is -2.25. The summed E-state index contributed by atoms with van der Waals surface area (Å²) >= 11 is 0. The SMILES string of the molecule is Cc1nccn1-c1cc(CNC(=O)CCNc2ccc(C(F)(F)F)cc2[N+](=O)[O-])ccn1. The molecule has 0 aliphatic heterocycles. The van der Waals surface area contributed by atoms with Crippen LogP contribution in [0.1, 0.15) is 23.4 Å². The Morgan fingerprint density at radius 3 is 2.62 bits per heavy atom. The van der Waals surface area contributed by atoms with Crippen molar-refractivity contribution in [3.8, 4) is 5.82 Å². The molecule has 0 spiro atoms. The fourth-order valence-electron chi connectivity index (χ4n) is 2.93. The zero-order chi connectivity index (χ0) is 23.3. The molecule has 0 saturated heterocycles. The molecule has 9 nitrogen and oxygen atoms in total. The lowest BCUT2D eigenvalue weighted by atomic mass is 10.1. The maximum absolute atomic E-state index is 12.8. The fourth-order valence-corrected chi connectivity index (χ4v) is 2.93. The molecule has 0 unspecified atom stereocenters. The Labute approximate surface area is 180 Å². The van der Waals surface area contributed by atoms with Gasteiger partial charge in [0.05, 0.1) is 10.5 Å². The number of nitrogens with one attached hydrogen (secondary N) is 2. The first-order valence-corrected chi connectivity index (χ1v) is 9.46. The molecule has 0 aliphatic carbocycles. The quantitative estimate of drug-likeness (QED) is 0.402. The van der Waals surface area contributed by atoms with E-state index in [-0.39, 0.29) is 31.1 Å². The topological polar surface area (TPSA) is 115 Å². The van der Waals surface area contributed by atoms with Crippen LogP contribution in [0.2, 0.25) is 0 Å². The molecule has 0 aliphatic rings. The van der Waals surface area contributed by atoms with Gasteiger partial charge in [-0.3, -0.25) is 19.5 Å². The maximum atomic E-state index is 12.8. The van der Waals surface area contributed by atoms with Gasteiger partial charge in [-0.15, -0.1) is 0 Å². The third-order valence-corrected chi connectivity index (χ3v) is 4.56. The molecular formula is C20H19F3N6O3. The Hall–Kier alpha value is -3.96. The number of imidazole rings is 1. The summed E-state index contributed by atoms with van der Waals surface area (Å²) < 4.78 is 40.1. The van der Waals surface area contributed by atoms with Gasteiger partial charge >= 0.3 is 6.18 Å². The van der Waals surface area contributed by atoms with E-state index >= 15 is 0 Å². The van der Waals surface area contributed by atoms with E-state index in [1.165, 1.54) is 0 Å². The van der Waals surface area contributed by atoms with Gasteiger partial charge in [-0.1, -0.05) is 0 Å². The highest BCUT2D eigenvalue weighted by Crippen LogP contribution is 2.34. The van der Waals surface area contributed by atoms with Crippen LogP contribution in [0, 0.1) is 17.0 Å². The van der Waals surface area contributed by atoms with E-state index in [2.05, 4.69) is 20.6 Å². The van der Waals surface area contributed by atoms with E-state index in [9.17, 15) is 28.1 Å². The van der Waals surface area contributed by atoms with Crippen molar-refractivity contribution in [2.75, 3.05) is 11.9 Å². The lowest BCUT2D eigenvalue weighted by molar-refractivity contribution is -0.384. The molecule has 0 bridgehead atoms. The summed E-state index contributed by atoms with van der Waals surface area (Å²) in [7, 11) is 0. The number of benzene rings is 1. The number of hydrogen-bond donors (Lipinski definition) is 2. The van der Waals surface area contributed by atoms with Crippen LogP contribution in [0.5, 0.6) is 0 Å². The number of alkyl halides is 3. The van der Waals surface area contributed by atoms with Gasteiger partial charge in [0.15, 0.2) is 0 Å². The van der Waals surface area contributed by atoms with Crippen molar-refractivity contribution in [1.82, 2.24) is 19.9 Å². The van der Waals surface area contributed by atoms with Gasteiger partial charge in [0.25, 0.3) is 5.69 Å². The van der Waals surface area contributed by atoms with Crippen LogP contribution >= 0.6 is 0 Å². The highest BCUT2D eigenvalue weighted by atomic mass is 19.4. The molecule has 3 aromatic rings. The maximum Gasteiger partial charge on any atom is 0.416 e. The Balaban J connectivity index is 1.54. The first-order valence-electron chi connectivity index (χ1n) is 9.46. The van der Waals surface area contributed by atoms with Gasteiger partial charge < -0.3 is 10.6 Å². The van der Waals surface area contributed by atoms with E-state index in [4.69, 9.17) is 0 Å². The molecule has 2 aromatic heterocycles. The number of halogens is 3. The molecule has 3 rings (SSSR count). The summed E-state index contributed by atoms with van der Waals surface area (Å²) in [4.78, 5) is 30.7. The van der Waals surface area contributed by atoms with Crippen molar-refractivity contribution >= 4 is 17.3 Å². The second kappa shape index (κ2) is 9.45. The van der Waals surface area contributed by atoms with Crippen LogP contribution in [0.3, 0.4) is 0 Å². The van der Waals surface area contributed by atoms with Gasteiger partial charge in [0.2, 0.25) is 5.91 Å². The second-order valence-electron chi connectivity index (χ2n) is 6.81. The summed E-state index contributed by atoms with van der Waals surface area (Å²) in [6, 6.07) is 5.75. The summed E-state index contributed by atoms with van der Waals surface area (Å²) in [5.41, 5.74) is -1.11. The molecule has 12 heteroatoms. The Bertz CT molecular complexity index is 1130. The zero-order valence-electron chi connectivity index (χ0n) is 16.9. The normalized spacial score (nSPS) is 11.2. The molecule has 0 radical (unpaired) electrons. The minimum atomic E-state index is -4.69. The van der Waals surface area contributed by atoms with Gasteiger partial charge in [-0.05, 0) is 36.8 Å². The average Bonchev–Trinajstić information content (AvgIpc) is 3.17. The van der Waals surface area contributed by atoms with Gasteiger partial charge in [0.1, 0.15) is 17.3 Å². The van der Waals surface area contributed by atoms with E-state index in [0.717, 1.165) is 23.5 Å². The van der Waals surface area contributed by atoms with Crippen LogP contribution in [0.15, 0.2) is 48.9 Å². The summed E-state index contributed by atoms with van der Waals surface area (Å²) in [6.45, 7) is 2.08. The molecular weight excluding hydrogens is 429 g/mol. The molecule has 0 fully saturated rings. The molecule has 0 saturated carbocycles. The van der Waals surface area contributed by atoms with Gasteiger partial charge in [-0.2, -0.15) is 13.2 Å². The number of pyridine rings is 1. The third-order valence-electron chi connectivity index (χ3n) is 4.56. The molecule has 2 heterocycles. The van der Waals surface area contributed by atoms with E-state index < -0.39 is 22.4 Å². The lowest BCUT2D eigenvalue weighted by Gasteiger charge is -2.11. The van der Waals surface area contributed by atoms with Gasteiger partial charge in [0, 0.05) is 44.2 Å². The standard InChI is InChI=1S/C20H19F3N6O3/c1-13-24-8-9-28(13)18-10-14(4-6-26-18)12-27-19(30)5-7-25-16-3-2-15(20(21,22)23)11-17(16)29(31)32/h2-4,6,8-11,25H,5,7,12H2,1H3,(H,27,30). The molecule has 168 valence electrons. The van der Waals surface area contributed by atoms with Crippen LogP contribution in [0.4, 0.5) is 24.5 Å². The summed E-state index contributed by atoms with van der Waals surface area (Å²) in [5.74, 6) is 1.09. The van der Waals surface area contributed by atoms with Crippen molar-refractivity contribution in [3.63, 3.8) is 0 Å². The van der Waals surface area contributed by atoms with Crippen LogP contribution in [-0.4, -0.2) is 31.9 Å². The predicted molar refractivity (Wildman–Crippen MR) is 109 cm³/mol. The number of aromatic nitrogens is 3. The minimum absolute atomic E-state index is 0.00780. The highest BCUT2D eigenvalue weighted by molar-refractivity contribution is 5.76. The first kappa shape index (κ1) is 22.7. The minimum Gasteiger partial charge on any atom is -0.379 e. The van der Waals surface area contributed by atoms with Crippen molar-refractivity contribution in [1.29, 1.82) is 0 Å². The molecule has 32 heavy (non-hydrogen) atoms. The third kappa shape index (κ3) is 5.59. The number of rotatable bonds is 8. The van der Waals surface area contributed by atoms with Crippen LogP contribution < -0.4 is 10.6 Å². The highest BCUT2D eigenvalue weighted by Gasteiger charge is 2.33. The Morgan fingerprint density at radius 1 is 1.19 bits per heavy atom. The molecule has 1 aromatic carbocycles. The predicted octanol–water partition coefficient (Wildman–Crippen LogP) is 3.62. The number of anilines is 1. The molecule has 0 atom stereocenters. The smallest absolute Gasteiger partial charge is 0.379 e. The number of carbonyl (C=O) groups excluding carboxylic acids is 1. The number of amides is 1. The number of aryl methyl sites for hydroxylation is 1. The van der Waals surface area contributed by atoms with Crippen molar-refractivity contribution in [2.45, 2.75) is 26.1 Å².